The van der Waals surface area contributed by atoms with E-state index in [-0.39, 0.29) is 12.0 Å². The molecule has 1 aliphatic rings. The average molecular weight is 221 g/mol. The fourth-order valence-electron chi connectivity index (χ4n) is 1.60. The molecule has 2 rings (SSSR count). The zero-order valence-corrected chi connectivity index (χ0v) is 9.18. The lowest BCUT2D eigenvalue weighted by Crippen LogP contribution is -2.21. The Morgan fingerprint density at radius 1 is 1.44 bits per heavy atom. The fraction of sp³-hybridized carbons (Fsp3) is 0.417. The van der Waals surface area contributed by atoms with E-state index < -0.39 is 6.10 Å². The van der Waals surface area contributed by atoms with Crippen molar-refractivity contribution in [3.05, 3.63) is 29.8 Å². The molecule has 2 atom stereocenters. The van der Waals surface area contributed by atoms with Gasteiger partial charge >= 0.3 is 5.97 Å². The molecule has 86 valence electrons. The number of hydrogen-bond donors (Lipinski definition) is 1. The number of hydrogen-bond acceptors (Lipinski definition) is 4. The van der Waals surface area contributed by atoms with Gasteiger partial charge in [-0.3, -0.25) is 0 Å². The van der Waals surface area contributed by atoms with Crippen LogP contribution in [0.1, 0.15) is 24.9 Å². The van der Waals surface area contributed by atoms with Gasteiger partial charge in [-0.25, -0.2) is 4.79 Å². The van der Waals surface area contributed by atoms with Gasteiger partial charge in [0.15, 0.2) is 6.10 Å². The number of ether oxygens (including phenoxy) is 2. The van der Waals surface area contributed by atoms with E-state index >= 15 is 0 Å². The molecule has 0 aliphatic carbocycles. The van der Waals surface area contributed by atoms with Crippen molar-refractivity contribution < 1.29 is 14.3 Å². The number of esters is 1. The molecule has 0 spiro atoms. The first-order valence-corrected chi connectivity index (χ1v) is 5.35. The molecule has 2 N–H and O–H groups in total. The monoisotopic (exact) mass is 221 g/mol. The lowest BCUT2D eigenvalue weighted by atomic mass is 10.1. The highest BCUT2D eigenvalue weighted by molar-refractivity contribution is 5.76. The Morgan fingerprint density at radius 2 is 2.12 bits per heavy atom. The molecule has 2 unspecified atom stereocenters. The summed E-state index contributed by atoms with van der Waals surface area (Å²) in [7, 11) is 0. The number of cyclic esters (lactones) is 1. The van der Waals surface area contributed by atoms with Crippen molar-refractivity contribution in [2.75, 3.05) is 6.61 Å². The molecule has 1 fully saturated rings. The van der Waals surface area contributed by atoms with E-state index in [0.717, 1.165) is 5.56 Å². The van der Waals surface area contributed by atoms with Crippen LogP contribution in [0.15, 0.2) is 24.3 Å². The largest absolute Gasteiger partial charge is 0.479 e. The van der Waals surface area contributed by atoms with Crippen molar-refractivity contribution in [1.82, 2.24) is 0 Å². The predicted octanol–water partition coefficient (Wildman–Crippen LogP) is 1.40. The van der Waals surface area contributed by atoms with Gasteiger partial charge in [-0.15, -0.1) is 0 Å². The van der Waals surface area contributed by atoms with Crippen molar-refractivity contribution >= 4 is 5.97 Å². The van der Waals surface area contributed by atoms with Gasteiger partial charge in [-0.1, -0.05) is 12.1 Å². The molecule has 0 aromatic heterocycles. The Bertz CT molecular complexity index is 372. The van der Waals surface area contributed by atoms with Gasteiger partial charge in [0, 0.05) is 12.5 Å². The molecule has 0 amide bonds. The summed E-state index contributed by atoms with van der Waals surface area (Å²) in [6, 6.07) is 7.46. The third-order valence-electron chi connectivity index (χ3n) is 2.57. The summed E-state index contributed by atoms with van der Waals surface area (Å²) in [5, 5.41) is 0. The summed E-state index contributed by atoms with van der Waals surface area (Å²) in [6.45, 7) is 2.37. The Hall–Kier alpha value is -1.55. The lowest BCUT2D eigenvalue weighted by molar-refractivity contribution is -0.143. The summed E-state index contributed by atoms with van der Waals surface area (Å²) in [4.78, 5) is 11.2. The van der Waals surface area contributed by atoms with Crippen LogP contribution in [0.5, 0.6) is 5.75 Å². The van der Waals surface area contributed by atoms with E-state index in [1.54, 1.807) is 0 Å². The van der Waals surface area contributed by atoms with E-state index in [4.69, 9.17) is 15.2 Å². The first kappa shape index (κ1) is 11.0. The molecule has 4 heteroatoms. The van der Waals surface area contributed by atoms with Gasteiger partial charge in [-0.05, 0) is 24.6 Å². The SMILES string of the molecule is CC(N)c1ccc(OC2CCOC2=O)cc1. The molecule has 4 nitrogen and oxygen atoms in total. The summed E-state index contributed by atoms with van der Waals surface area (Å²) in [5.41, 5.74) is 6.78. The van der Waals surface area contributed by atoms with Gasteiger partial charge in [0.25, 0.3) is 0 Å². The number of carbonyl (C=O) groups is 1. The second-order valence-electron chi connectivity index (χ2n) is 3.92. The Morgan fingerprint density at radius 3 is 2.62 bits per heavy atom. The smallest absolute Gasteiger partial charge is 0.347 e. The van der Waals surface area contributed by atoms with Crippen LogP contribution in [-0.4, -0.2) is 18.7 Å². The second-order valence-corrected chi connectivity index (χ2v) is 3.92. The highest BCUT2D eigenvalue weighted by Gasteiger charge is 2.28. The minimum absolute atomic E-state index is 0.00509. The zero-order chi connectivity index (χ0) is 11.5. The molecule has 1 aromatic carbocycles. The van der Waals surface area contributed by atoms with Crippen molar-refractivity contribution in [3.8, 4) is 5.75 Å². The fourth-order valence-corrected chi connectivity index (χ4v) is 1.60. The quantitative estimate of drug-likeness (QED) is 0.784. The lowest BCUT2D eigenvalue weighted by Gasteiger charge is -2.11. The second kappa shape index (κ2) is 4.53. The Labute approximate surface area is 94.3 Å². The summed E-state index contributed by atoms with van der Waals surface area (Å²) < 4.78 is 10.3. The van der Waals surface area contributed by atoms with Crippen molar-refractivity contribution in [3.63, 3.8) is 0 Å². The van der Waals surface area contributed by atoms with Crippen molar-refractivity contribution in [1.29, 1.82) is 0 Å². The molecule has 0 bridgehead atoms. The topological polar surface area (TPSA) is 61.6 Å². The first-order chi connectivity index (χ1) is 7.66. The van der Waals surface area contributed by atoms with E-state index in [1.165, 1.54) is 0 Å². The maximum atomic E-state index is 11.2. The summed E-state index contributed by atoms with van der Waals surface area (Å²) >= 11 is 0. The normalized spacial score (nSPS) is 21.6. The number of nitrogens with two attached hydrogens (primary N) is 1. The van der Waals surface area contributed by atoms with Crippen molar-refractivity contribution in [2.45, 2.75) is 25.5 Å². The van der Waals surface area contributed by atoms with E-state index in [2.05, 4.69) is 0 Å². The van der Waals surface area contributed by atoms with Crippen LogP contribution in [-0.2, 0) is 9.53 Å². The molecular formula is C12H15NO3. The molecule has 16 heavy (non-hydrogen) atoms. The molecular weight excluding hydrogens is 206 g/mol. The van der Waals surface area contributed by atoms with Gasteiger partial charge < -0.3 is 15.2 Å². The zero-order valence-electron chi connectivity index (χ0n) is 9.18. The Kier molecular flexibility index (Phi) is 3.10. The summed E-state index contributed by atoms with van der Waals surface area (Å²) in [5.74, 6) is 0.393. The number of benzene rings is 1. The van der Waals surface area contributed by atoms with Gasteiger partial charge in [0.05, 0.1) is 6.61 Å². The predicted molar refractivity (Wildman–Crippen MR) is 59.0 cm³/mol. The molecule has 0 radical (unpaired) electrons. The van der Waals surface area contributed by atoms with Gasteiger partial charge in [0.2, 0.25) is 0 Å². The third kappa shape index (κ3) is 2.33. The van der Waals surface area contributed by atoms with Gasteiger partial charge in [0.1, 0.15) is 5.75 Å². The average Bonchev–Trinajstić information content (AvgIpc) is 2.65. The molecule has 1 aromatic rings. The minimum atomic E-state index is -0.457. The maximum Gasteiger partial charge on any atom is 0.347 e. The summed E-state index contributed by atoms with van der Waals surface area (Å²) in [6.07, 6.45) is 0.162. The minimum Gasteiger partial charge on any atom is -0.479 e. The molecule has 1 heterocycles. The van der Waals surface area contributed by atoms with Crippen LogP contribution < -0.4 is 10.5 Å². The van der Waals surface area contributed by atoms with Crippen LogP contribution in [0.4, 0.5) is 0 Å². The van der Waals surface area contributed by atoms with Crippen LogP contribution >= 0.6 is 0 Å². The number of carbonyl (C=O) groups excluding carboxylic acids is 1. The maximum absolute atomic E-state index is 11.2. The van der Waals surface area contributed by atoms with Crippen LogP contribution in [0.25, 0.3) is 0 Å². The molecule has 1 aliphatic heterocycles. The van der Waals surface area contributed by atoms with Crippen molar-refractivity contribution in [2.24, 2.45) is 5.73 Å². The van der Waals surface area contributed by atoms with Crippen LogP contribution in [0.3, 0.4) is 0 Å². The van der Waals surface area contributed by atoms with Gasteiger partial charge in [-0.2, -0.15) is 0 Å². The van der Waals surface area contributed by atoms with Crippen LogP contribution in [0, 0.1) is 0 Å². The highest BCUT2D eigenvalue weighted by atomic mass is 16.6. The highest BCUT2D eigenvalue weighted by Crippen LogP contribution is 2.20. The molecule has 1 saturated heterocycles. The standard InChI is InChI=1S/C12H15NO3/c1-8(13)9-2-4-10(5-3-9)16-11-6-7-15-12(11)14/h2-5,8,11H,6-7,13H2,1H3. The Balaban J connectivity index is 2.02. The van der Waals surface area contributed by atoms with E-state index in [1.807, 2.05) is 31.2 Å². The molecule has 0 saturated carbocycles. The van der Waals surface area contributed by atoms with E-state index in [0.29, 0.717) is 18.8 Å². The van der Waals surface area contributed by atoms with E-state index in [9.17, 15) is 4.79 Å². The van der Waals surface area contributed by atoms with Crippen LogP contribution in [0.2, 0.25) is 0 Å². The number of rotatable bonds is 3. The first-order valence-electron chi connectivity index (χ1n) is 5.35. The third-order valence-corrected chi connectivity index (χ3v) is 2.57.